The standard InChI is InChI=1S/C22H14BrClFN3O3/c23-17-9-14(10-18(24)20(17)31-12-13-4-3-5-15(25)8-13)11-26-28-21(29)16-6-1-2-7-19(16)27-22(28)30/h1-11H,12H2,(H,27,30). The van der Waals surface area contributed by atoms with Crippen molar-refractivity contribution >= 4 is 44.6 Å². The Labute approximate surface area is 188 Å². The number of para-hydroxylation sites is 1. The first-order valence-electron chi connectivity index (χ1n) is 9.07. The summed E-state index contributed by atoms with van der Waals surface area (Å²) < 4.78 is 20.3. The van der Waals surface area contributed by atoms with E-state index >= 15 is 0 Å². The molecule has 1 N–H and O–H groups in total. The molecule has 0 radical (unpaired) electrons. The molecule has 156 valence electrons. The molecule has 0 fully saturated rings. The van der Waals surface area contributed by atoms with E-state index in [2.05, 4.69) is 26.0 Å². The summed E-state index contributed by atoms with van der Waals surface area (Å²) in [5.74, 6) is 0.0283. The third-order valence-corrected chi connectivity index (χ3v) is 5.27. The summed E-state index contributed by atoms with van der Waals surface area (Å²) in [5, 5.41) is 4.65. The molecule has 0 aliphatic heterocycles. The molecule has 6 nitrogen and oxygen atoms in total. The first kappa shape index (κ1) is 21.0. The highest BCUT2D eigenvalue weighted by atomic mass is 79.9. The van der Waals surface area contributed by atoms with Gasteiger partial charge in [-0.05, 0) is 63.5 Å². The monoisotopic (exact) mass is 501 g/mol. The third kappa shape index (κ3) is 4.60. The van der Waals surface area contributed by atoms with Crippen LogP contribution in [-0.2, 0) is 6.61 Å². The highest BCUT2D eigenvalue weighted by Gasteiger charge is 2.10. The van der Waals surface area contributed by atoms with Crippen LogP contribution in [0.4, 0.5) is 4.39 Å². The fourth-order valence-electron chi connectivity index (χ4n) is 2.96. The Hall–Kier alpha value is -3.23. The lowest BCUT2D eigenvalue weighted by atomic mass is 10.2. The number of hydrogen-bond acceptors (Lipinski definition) is 4. The molecular weight excluding hydrogens is 489 g/mol. The van der Waals surface area contributed by atoms with Gasteiger partial charge in [0, 0.05) is 0 Å². The number of halogens is 3. The number of nitrogens with zero attached hydrogens (tertiary/aromatic N) is 2. The molecule has 4 rings (SSSR count). The van der Waals surface area contributed by atoms with Crippen molar-refractivity contribution in [1.29, 1.82) is 0 Å². The number of hydrogen-bond donors (Lipinski definition) is 1. The van der Waals surface area contributed by atoms with E-state index in [1.165, 1.54) is 18.3 Å². The lowest BCUT2D eigenvalue weighted by molar-refractivity contribution is 0.304. The van der Waals surface area contributed by atoms with Crippen molar-refractivity contribution < 1.29 is 9.13 Å². The molecule has 0 unspecified atom stereocenters. The number of aromatic nitrogens is 2. The Balaban J connectivity index is 1.60. The molecule has 0 amide bonds. The van der Waals surface area contributed by atoms with Gasteiger partial charge in [-0.3, -0.25) is 4.79 Å². The fourth-order valence-corrected chi connectivity index (χ4v) is 3.95. The predicted molar refractivity (Wildman–Crippen MR) is 122 cm³/mol. The molecule has 0 aliphatic rings. The van der Waals surface area contributed by atoms with Gasteiger partial charge in [0.2, 0.25) is 0 Å². The van der Waals surface area contributed by atoms with E-state index in [-0.39, 0.29) is 17.4 Å². The second-order valence-electron chi connectivity index (χ2n) is 6.57. The molecule has 0 bridgehead atoms. The smallest absolute Gasteiger partial charge is 0.349 e. The number of nitrogens with one attached hydrogen (secondary N) is 1. The van der Waals surface area contributed by atoms with Gasteiger partial charge < -0.3 is 9.72 Å². The average molecular weight is 503 g/mol. The Morgan fingerprint density at radius 1 is 1.13 bits per heavy atom. The van der Waals surface area contributed by atoms with E-state index in [1.807, 2.05) is 0 Å². The molecular formula is C22H14BrClFN3O3. The maximum Gasteiger partial charge on any atom is 0.349 e. The molecule has 0 saturated carbocycles. The fraction of sp³-hybridized carbons (Fsp3) is 0.0455. The third-order valence-electron chi connectivity index (χ3n) is 4.40. The van der Waals surface area contributed by atoms with Crippen molar-refractivity contribution in [2.75, 3.05) is 0 Å². The minimum Gasteiger partial charge on any atom is -0.486 e. The Kier molecular flexibility index (Phi) is 6.01. The van der Waals surface area contributed by atoms with Crippen LogP contribution in [0.5, 0.6) is 5.75 Å². The van der Waals surface area contributed by atoms with Gasteiger partial charge in [0.15, 0.2) is 5.75 Å². The summed E-state index contributed by atoms with van der Waals surface area (Å²) in [5.41, 5.74) is 0.448. The van der Waals surface area contributed by atoms with Gasteiger partial charge in [-0.2, -0.15) is 5.10 Å². The molecule has 1 heterocycles. The molecule has 0 spiro atoms. The van der Waals surface area contributed by atoms with Gasteiger partial charge in [-0.25, -0.2) is 9.18 Å². The van der Waals surface area contributed by atoms with Crippen molar-refractivity contribution in [3.8, 4) is 5.75 Å². The highest BCUT2D eigenvalue weighted by Crippen LogP contribution is 2.34. The van der Waals surface area contributed by atoms with E-state index in [0.717, 1.165) is 4.68 Å². The van der Waals surface area contributed by atoms with Gasteiger partial charge in [-0.15, -0.1) is 4.68 Å². The van der Waals surface area contributed by atoms with Gasteiger partial charge in [-0.1, -0.05) is 35.9 Å². The Morgan fingerprint density at radius 3 is 2.71 bits per heavy atom. The molecule has 0 aliphatic carbocycles. The van der Waals surface area contributed by atoms with Crippen LogP contribution in [0.1, 0.15) is 11.1 Å². The van der Waals surface area contributed by atoms with Crippen LogP contribution in [0.15, 0.2) is 79.8 Å². The molecule has 1 aromatic heterocycles. The second-order valence-corrected chi connectivity index (χ2v) is 7.83. The number of ether oxygens (including phenoxy) is 1. The van der Waals surface area contributed by atoms with Crippen LogP contribution in [0.25, 0.3) is 10.9 Å². The summed E-state index contributed by atoms with van der Waals surface area (Å²) in [4.78, 5) is 27.4. The van der Waals surface area contributed by atoms with E-state index in [4.69, 9.17) is 16.3 Å². The predicted octanol–water partition coefficient (Wildman–Crippen LogP) is 4.71. The highest BCUT2D eigenvalue weighted by molar-refractivity contribution is 9.10. The van der Waals surface area contributed by atoms with Crippen molar-refractivity contribution in [2.45, 2.75) is 6.61 Å². The van der Waals surface area contributed by atoms with E-state index in [9.17, 15) is 14.0 Å². The van der Waals surface area contributed by atoms with Crippen molar-refractivity contribution in [1.82, 2.24) is 9.66 Å². The molecule has 9 heteroatoms. The maximum absolute atomic E-state index is 13.3. The quantitative estimate of drug-likeness (QED) is 0.402. The van der Waals surface area contributed by atoms with Crippen molar-refractivity contribution in [3.05, 3.63) is 108 Å². The van der Waals surface area contributed by atoms with Crippen molar-refractivity contribution in [2.24, 2.45) is 5.10 Å². The van der Waals surface area contributed by atoms with Crippen LogP contribution in [0.3, 0.4) is 0 Å². The number of benzene rings is 3. The lowest BCUT2D eigenvalue weighted by Gasteiger charge is -2.11. The largest absolute Gasteiger partial charge is 0.486 e. The second kappa shape index (κ2) is 8.87. The summed E-state index contributed by atoms with van der Waals surface area (Å²) in [6, 6.07) is 16.0. The minimum atomic E-state index is -0.653. The normalized spacial score (nSPS) is 11.3. The molecule has 31 heavy (non-hydrogen) atoms. The first-order chi connectivity index (χ1) is 14.9. The van der Waals surface area contributed by atoms with Crippen LogP contribution < -0.4 is 16.0 Å². The lowest BCUT2D eigenvalue weighted by Crippen LogP contribution is -2.32. The topological polar surface area (TPSA) is 76.5 Å². The van der Waals surface area contributed by atoms with Gasteiger partial charge >= 0.3 is 5.69 Å². The maximum atomic E-state index is 13.3. The van der Waals surface area contributed by atoms with Gasteiger partial charge in [0.05, 0.1) is 26.6 Å². The minimum absolute atomic E-state index is 0.130. The van der Waals surface area contributed by atoms with Crippen molar-refractivity contribution in [3.63, 3.8) is 0 Å². The summed E-state index contributed by atoms with van der Waals surface area (Å²) in [6.45, 7) is 0.130. The number of rotatable bonds is 5. The molecule has 3 aromatic carbocycles. The van der Waals surface area contributed by atoms with Gasteiger partial charge in [0.1, 0.15) is 12.4 Å². The SMILES string of the molecule is O=c1[nH]c2ccccc2c(=O)n1N=Cc1cc(Cl)c(OCc2cccc(F)c2)c(Br)c1. The van der Waals surface area contributed by atoms with Crippen LogP contribution in [0.2, 0.25) is 5.02 Å². The summed E-state index contributed by atoms with van der Waals surface area (Å²) in [7, 11) is 0. The van der Waals surface area contributed by atoms with E-state index in [1.54, 1.807) is 48.5 Å². The van der Waals surface area contributed by atoms with Crippen LogP contribution in [-0.4, -0.2) is 15.9 Å². The zero-order valence-electron chi connectivity index (χ0n) is 15.8. The molecule has 4 aromatic rings. The van der Waals surface area contributed by atoms with Gasteiger partial charge in [0.25, 0.3) is 5.56 Å². The number of aromatic amines is 1. The van der Waals surface area contributed by atoms with E-state index in [0.29, 0.717) is 32.3 Å². The van der Waals surface area contributed by atoms with Crippen LogP contribution in [0, 0.1) is 5.82 Å². The number of fused-ring (bicyclic) bond motifs is 1. The Morgan fingerprint density at radius 2 is 1.94 bits per heavy atom. The zero-order valence-corrected chi connectivity index (χ0v) is 18.2. The average Bonchev–Trinajstić information content (AvgIpc) is 2.73. The first-order valence-corrected chi connectivity index (χ1v) is 10.2. The summed E-state index contributed by atoms with van der Waals surface area (Å²) in [6.07, 6.45) is 1.35. The zero-order chi connectivity index (χ0) is 22.0. The van der Waals surface area contributed by atoms with E-state index < -0.39 is 11.2 Å². The number of H-pyrrole nitrogens is 1. The Bertz CT molecular complexity index is 1410. The molecule has 0 saturated heterocycles. The van der Waals surface area contributed by atoms with Crippen LogP contribution >= 0.6 is 27.5 Å². The molecule has 0 atom stereocenters. The summed E-state index contributed by atoms with van der Waals surface area (Å²) >= 11 is 9.72.